The highest BCUT2D eigenvalue weighted by Gasteiger charge is 2.27. The lowest BCUT2D eigenvalue weighted by Gasteiger charge is -2.38. The van der Waals surface area contributed by atoms with Crippen LogP contribution in [-0.4, -0.2) is 23.5 Å². The van der Waals surface area contributed by atoms with Crippen LogP contribution in [0, 0.1) is 0 Å². The maximum atomic E-state index is 6.41. The minimum atomic E-state index is 0.221. The molecule has 0 fully saturated rings. The lowest BCUT2D eigenvalue weighted by Crippen LogP contribution is -2.44. The van der Waals surface area contributed by atoms with E-state index < -0.39 is 0 Å². The largest absolute Gasteiger partial charge is 0.326 e. The monoisotopic (exact) mass is 282 g/mol. The summed E-state index contributed by atoms with van der Waals surface area (Å²) in [7, 11) is 0. The molecule has 2 N–H and O–H groups in total. The van der Waals surface area contributed by atoms with Crippen LogP contribution in [0.4, 0.5) is 0 Å². The maximum absolute atomic E-state index is 6.41. The van der Waals surface area contributed by atoms with Crippen LogP contribution >= 0.6 is 11.3 Å². The number of nitrogens with two attached hydrogens (primary N) is 1. The van der Waals surface area contributed by atoms with Crippen LogP contribution < -0.4 is 5.73 Å². The Hall–Kier alpha value is -0.380. The fraction of sp³-hybridized carbons (Fsp3) is 0.750. The van der Waals surface area contributed by atoms with E-state index in [0.29, 0.717) is 12.1 Å². The number of hydrogen-bond acceptors (Lipinski definition) is 3. The molecule has 1 aromatic rings. The normalized spacial score (nSPS) is 15.1. The van der Waals surface area contributed by atoms with Gasteiger partial charge in [-0.15, -0.1) is 0 Å². The van der Waals surface area contributed by atoms with E-state index in [1.165, 1.54) is 24.8 Å². The fourth-order valence-electron chi connectivity index (χ4n) is 2.61. The van der Waals surface area contributed by atoms with Crippen molar-refractivity contribution in [2.45, 2.75) is 71.5 Å². The molecule has 0 aliphatic heterocycles. The van der Waals surface area contributed by atoms with Crippen molar-refractivity contribution in [1.82, 2.24) is 4.90 Å². The van der Waals surface area contributed by atoms with E-state index in [4.69, 9.17) is 5.73 Å². The fourth-order valence-corrected chi connectivity index (χ4v) is 3.30. The quantitative estimate of drug-likeness (QED) is 0.679. The van der Waals surface area contributed by atoms with Crippen LogP contribution in [0.2, 0.25) is 0 Å². The third kappa shape index (κ3) is 4.90. The molecule has 2 atom stereocenters. The Kier molecular flexibility index (Phi) is 7.66. The van der Waals surface area contributed by atoms with Gasteiger partial charge in [0.2, 0.25) is 0 Å². The van der Waals surface area contributed by atoms with Crippen molar-refractivity contribution in [2.75, 3.05) is 6.54 Å². The second kappa shape index (κ2) is 8.72. The summed E-state index contributed by atoms with van der Waals surface area (Å²) in [6, 6.07) is 3.37. The lowest BCUT2D eigenvalue weighted by atomic mass is 9.97. The van der Waals surface area contributed by atoms with Crippen molar-refractivity contribution in [3.63, 3.8) is 0 Å². The molecule has 0 radical (unpaired) electrons. The van der Waals surface area contributed by atoms with Gasteiger partial charge in [-0.25, -0.2) is 0 Å². The Morgan fingerprint density at radius 1 is 1.26 bits per heavy atom. The molecule has 2 unspecified atom stereocenters. The Morgan fingerprint density at radius 3 is 2.47 bits per heavy atom. The maximum Gasteiger partial charge on any atom is 0.0509 e. The molecule has 0 saturated carbocycles. The van der Waals surface area contributed by atoms with E-state index >= 15 is 0 Å². The summed E-state index contributed by atoms with van der Waals surface area (Å²) in [5.41, 5.74) is 7.81. The molecule has 0 aliphatic carbocycles. The smallest absolute Gasteiger partial charge is 0.0509 e. The van der Waals surface area contributed by atoms with Crippen molar-refractivity contribution >= 4 is 11.3 Å². The highest BCUT2D eigenvalue weighted by Crippen LogP contribution is 2.29. The Labute approximate surface area is 123 Å². The average molecular weight is 282 g/mol. The summed E-state index contributed by atoms with van der Waals surface area (Å²) < 4.78 is 0. The molecule has 0 bridgehead atoms. The predicted molar refractivity (Wildman–Crippen MR) is 86.7 cm³/mol. The first-order chi connectivity index (χ1) is 9.11. The van der Waals surface area contributed by atoms with Gasteiger partial charge in [0.1, 0.15) is 0 Å². The van der Waals surface area contributed by atoms with E-state index in [2.05, 4.69) is 49.4 Å². The summed E-state index contributed by atoms with van der Waals surface area (Å²) in [6.07, 6.45) is 4.87. The van der Waals surface area contributed by atoms with E-state index in [1.54, 1.807) is 11.3 Å². The summed E-state index contributed by atoms with van der Waals surface area (Å²) in [6.45, 7) is 10.2. The third-order valence-electron chi connectivity index (χ3n) is 3.80. The van der Waals surface area contributed by atoms with Gasteiger partial charge >= 0.3 is 0 Å². The molecule has 110 valence electrons. The van der Waals surface area contributed by atoms with Gasteiger partial charge < -0.3 is 5.73 Å². The predicted octanol–water partition coefficient (Wildman–Crippen LogP) is 4.43. The van der Waals surface area contributed by atoms with Crippen molar-refractivity contribution < 1.29 is 0 Å². The Bertz CT molecular complexity index is 321. The molecular formula is C16H30N2S. The molecular weight excluding hydrogens is 252 g/mol. The standard InChI is InChI=1S/C16H30N2S/c1-5-7-8-10-18(13(3)4)16(15(17)6-2)14-9-11-19-12-14/h9,11-13,15-16H,5-8,10,17H2,1-4H3. The number of hydrogen-bond donors (Lipinski definition) is 1. The lowest BCUT2D eigenvalue weighted by molar-refractivity contribution is 0.127. The number of rotatable bonds is 9. The summed E-state index contributed by atoms with van der Waals surface area (Å²) in [5, 5.41) is 4.42. The van der Waals surface area contributed by atoms with Gasteiger partial charge in [-0.05, 0) is 55.6 Å². The van der Waals surface area contributed by atoms with Crippen LogP contribution in [0.1, 0.15) is 65.0 Å². The van der Waals surface area contributed by atoms with Gasteiger partial charge in [0, 0.05) is 12.1 Å². The molecule has 1 aromatic heterocycles. The molecule has 0 saturated heterocycles. The highest BCUT2D eigenvalue weighted by molar-refractivity contribution is 7.07. The van der Waals surface area contributed by atoms with Gasteiger partial charge in [0.25, 0.3) is 0 Å². The zero-order chi connectivity index (χ0) is 14.3. The third-order valence-corrected chi connectivity index (χ3v) is 4.50. The van der Waals surface area contributed by atoms with Gasteiger partial charge in [-0.1, -0.05) is 26.7 Å². The number of thiophene rings is 1. The summed E-state index contributed by atoms with van der Waals surface area (Å²) in [4.78, 5) is 2.59. The Morgan fingerprint density at radius 2 is 2.00 bits per heavy atom. The minimum absolute atomic E-state index is 0.221. The molecule has 0 aliphatic rings. The van der Waals surface area contributed by atoms with E-state index in [1.807, 2.05) is 0 Å². The van der Waals surface area contributed by atoms with Crippen LogP contribution in [0.5, 0.6) is 0 Å². The molecule has 0 spiro atoms. The number of nitrogens with zero attached hydrogens (tertiary/aromatic N) is 1. The molecule has 1 rings (SSSR count). The average Bonchev–Trinajstić information content (AvgIpc) is 2.90. The second-order valence-corrected chi connectivity index (χ2v) is 6.39. The first kappa shape index (κ1) is 16.7. The van der Waals surface area contributed by atoms with Gasteiger partial charge in [-0.3, -0.25) is 4.90 Å². The molecule has 0 aromatic carbocycles. The topological polar surface area (TPSA) is 29.3 Å². The molecule has 3 heteroatoms. The van der Waals surface area contributed by atoms with Crippen molar-refractivity contribution in [2.24, 2.45) is 5.73 Å². The van der Waals surface area contributed by atoms with E-state index in [0.717, 1.165) is 13.0 Å². The summed E-state index contributed by atoms with van der Waals surface area (Å²) in [5.74, 6) is 0. The molecule has 2 nitrogen and oxygen atoms in total. The van der Waals surface area contributed by atoms with Crippen LogP contribution in [0.3, 0.4) is 0 Å². The van der Waals surface area contributed by atoms with Crippen molar-refractivity contribution in [3.8, 4) is 0 Å². The van der Waals surface area contributed by atoms with Crippen LogP contribution in [-0.2, 0) is 0 Å². The zero-order valence-corrected chi connectivity index (χ0v) is 13.7. The highest BCUT2D eigenvalue weighted by atomic mass is 32.1. The molecule has 19 heavy (non-hydrogen) atoms. The van der Waals surface area contributed by atoms with Gasteiger partial charge in [-0.2, -0.15) is 11.3 Å². The first-order valence-corrected chi connectivity index (χ1v) is 8.59. The molecule has 1 heterocycles. The van der Waals surface area contributed by atoms with E-state index in [-0.39, 0.29) is 6.04 Å². The summed E-state index contributed by atoms with van der Waals surface area (Å²) >= 11 is 1.77. The molecule has 0 amide bonds. The van der Waals surface area contributed by atoms with Crippen molar-refractivity contribution in [1.29, 1.82) is 0 Å². The first-order valence-electron chi connectivity index (χ1n) is 7.65. The van der Waals surface area contributed by atoms with Gasteiger partial charge in [0.15, 0.2) is 0 Å². The Balaban J connectivity index is 2.85. The van der Waals surface area contributed by atoms with Crippen LogP contribution in [0.15, 0.2) is 16.8 Å². The van der Waals surface area contributed by atoms with Gasteiger partial charge in [0.05, 0.1) is 6.04 Å². The second-order valence-electron chi connectivity index (χ2n) is 5.61. The zero-order valence-electron chi connectivity index (χ0n) is 12.9. The SMILES string of the molecule is CCCCCN(C(C)C)C(c1ccsc1)C(N)CC. The minimum Gasteiger partial charge on any atom is -0.326 e. The van der Waals surface area contributed by atoms with Crippen LogP contribution in [0.25, 0.3) is 0 Å². The van der Waals surface area contributed by atoms with Crippen molar-refractivity contribution in [3.05, 3.63) is 22.4 Å². The van der Waals surface area contributed by atoms with E-state index in [9.17, 15) is 0 Å². The number of unbranched alkanes of at least 4 members (excludes halogenated alkanes) is 2.